The number of amides is 1. The SMILES string of the molecule is CC(Cc1ccc(C(F)(F)F)cc1)C(=O)N1CCCC[C@@H]1C(=O)O. The summed E-state index contributed by atoms with van der Waals surface area (Å²) in [5, 5.41) is 9.24. The van der Waals surface area contributed by atoms with Gasteiger partial charge in [0.25, 0.3) is 0 Å². The molecule has 2 rings (SSSR count). The maximum Gasteiger partial charge on any atom is 0.416 e. The Balaban J connectivity index is 2.04. The smallest absolute Gasteiger partial charge is 0.416 e. The maximum absolute atomic E-state index is 12.6. The summed E-state index contributed by atoms with van der Waals surface area (Å²) in [6, 6.07) is 3.90. The Morgan fingerprint density at radius 2 is 1.88 bits per heavy atom. The van der Waals surface area contributed by atoms with Gasteiger partial charge in [-0.2, -0.15) is 13.2 Å². The van der Waals surface area contributed by atoms with E-state index < -0.39 is 29.7 Å². The third-order valence-corrected chi connectivity index (χ3v) is 4.32. The second-order valence-corrected chi connectivity index (χ2v) is 6.18. The molecule has 1 aliphatic heterocycles. The van der Waals surface area contributed by atoms with Crippen LogP contribution in [0.25, 0.3) is 0 Å². The van der Waals surface area contributed by atoms with E-state index in [9.17, 15) is 27.9 Å². The van der Waals surface area contributed by atoms with Crippen molar-refractivity contribution in [2.24, 2.45) is 5.92 Å². The number of halogens is 3. The molecule has 1 aromatic rings. The normalized spacial score (nSPS) is 19.8. The van der Waals surface area contributed by atoms with E-state index >= 15 is 0 Å². The largest absolute Gasteiger partial charge is 0.480 e. The highest BCUT2D eigenvalue weighted by molar-refractivity contribution is 5.85. The van der Waals surface area contributed by atoms with Gasteiger partial charge >= 0.3 is 12.1 Å². The minimum Gasteiger partial charge on any atom is -0.480 e. The van der Waals surface area contributed by atoms with E-state index in [0.29, 0.717) is 18.5 Å². The van der Waals surface area contributed by atoms with Gasteiger partial charge < -0.3 is 10.0 Å². The monoisotopic (exact) mass is 343 g/mol. The zero-order valence-electron chi connectivity index (χ0n) is 13.3. The van der Waals surface area contributed by atoms with Crippen LogP contribution >= 0.6 is 0 Å². The average molecular weight is 343 g/mol. The molecule has 0 spiro atoms. The van der Waals surface area contributed by atoms with Crippen molar-refractivity contribution >= 4 is 11.9 Å². The van der Waals surface area contributed by atoms with Crippen LogP contribution in [0.2, 0.25) is 0 Å². The third-order valence-electron chi connectivity index (χ3n) is 4.32. The highest BCUT2D eigenvalue weighted by atomic mass is 19.4. The summed E-state index contributed by atoms with van der Waals surface area (Å²) in [5.41, 5.74) is -0.111. The summed E-state index contributed by atoms with van der Waals surface area (Å²) in [6.07, 6.45) is -2.13. The fourth-order valence-electron chi connectivity index (χ4n) is 3.01. The molecular formula is C17H20F3NO3. The maximum atomic E-state index is 12.6. The quantitative estimate of drug-likeness (QED) is 0.912. The summed E-state index contributed by atoms with van der Waals surface area (Å²) in [5.74, 6) is -1.76. The minimum absolute atomic E-state index is 0.262. The topological polar surface area (TPSA) is 57.6 Å². The van der Waals surface area contributed by atoms with Crippen LogP contribution in [0.4, 0.5) is 13.2 Å². The van der Waals surface area contributed by atoms with Crippen molar-refractivity contribution in [2.45, 2.75) is 44.8 Å². The standard InChI is InChI=1S/C17H20F3NO3/c1-11(10-12-5-7-13(8-6-12)17(18,19)20)15(22)21-9-3-2-4-14(21)16(23)24/h5-8,11,14H,2-4,9-10H2,1H3,(H,23,24)/t11?,14-/m1/s1. The molecule has 7 heteroatoms. The van der Waals surface area contributed by atoms with Gasteiger partial charge in [-0.25, -0.2) is 4.79 Å². The molecule has 1 fully saturated rings. The summed E-state index contributed by atoms with van der Waals surface area (Å²) >= 11 is 0. The Kier molecular flexibility index (Phi) is 5.51. The van der Waals surface area contributed by atoms with E-state index in [-0.39, 0.29) is 12.3 Å². The molecule has 4 nitrogen and oxygen atoms in total. The van der Waals surface area contributed by atoms with Crippen LogP contribution in [-0.4, -0.2) is 34.5 Å². The second-order valence-electron chi connectivity index (χ2n) is 6.18. The van der Waals surface area contributed by atoms with E-state index in [4.69, 9.17) is 0 Å². The van der Waals surface area contributed by atoms with Crippen LogP contribution in [-0.2, 0) is 22.2 Å². The number of benzene rings is 1. The Bertz CT molecular complexity index is 598. The van der Waals surface area contributed by atoms with Crippen LogP contribution < -0.4 is 0 Å². The molecule has 1 aliphatic rings. The lowest BCUT2D eigenvalue weighted by Crippen LogP contribution is -2.50. The number of nitrogens with zero attached hydrogens (tertiary/aromatic N) is 1. The van der Waals surface area contributed by atoms with Gasteiger partial charge in [0.05, 0.1) is 5.56 Å². The zero-order chi connectivity index (χ0) is 17.9. The van der Waals surface area contributed by atoms with Gasteiger partial charge in [-0.15, -0.1) is 0 Å². The number of rotatable bonds is 4. The summed E-state index contributed by atoms with van der Waals surface area (Å²) in [7, 11) is 0. The number of carbonyl (C=O) groups is 2. The van der Waals surface area contributed by atoms with E-state index in [1.807, 2.05) is 0 Å². The molecule has 0 saturated carbocycles. The molecule has 1 saturated heterocycles. The average Bonchev–Trinajstić information content (AvgIpc) is 2.53. The molecule has 1 aromatic carbocycles. The number of hydrogen-bond acceptors (Lipinski definition) is 2. The molecule has 1 N–H and O–H groups in total. The molecule has 132 valence electrons. The van der Waals surface area contributed by atoms with Crippen LogP contribution in [0.5, 0.6) is 0 Å². The lowest BCUT2D eigenvalue weighted by molar-refractivity contribution is -0.153. The van der Waals surface area contributed by atoms with Gasteiger partial charge in [0, 0.05) is 12.5 Å². The molecule has 1 unspecified atom stereocenters. The molecule has 1 heterocycles. The van der Waals surface area contributed by atoms with Gasteiger partial charge in [0.1, 0.15) is 6.04 Å². The van der Waals surface area contributed by atoms with Crippen molar-refractivity contribution in [3.63, 3.8) is 0 Å². The van der Waals surface area contributed by atoms with Crippen molar-refractivity contribution in [3.05, 3.63) is 35.4 Å². The third kappa shape index (κ3) is 4.27. The molecule has 2 atom stereocenters. The number of aliphatic carboxylic acids is 1. The van der Waals surface area contributed by atoms with Crippen molar-refractivity contribution in [1.82, 2.24) is 4.90 Å². The minimum atomic E-state index is -4.39. The van der Waals surface area contributed by atoms with E-state index in [1.165, 1.54) is 17.0 Å². The fraction of sp³-hybridized carbons (Fsp3) is 0.529. The number of hydrogen-bond donors (Lipinski definition) is 1. The highest BCUT2D eigenvalue weighted by Crippen LogP contribution is 2.29. The number of alkyl halides is 3. The molecule has 0 bridgehead atoms. The first-order valence-corrected chi connectivity index (χ1v) is 7.89. The van der Waals surface area contributed by atoms with Crippen LogP contribution in [0.3, 0.4) is 0 Å². The molecule has 0 aromatic heterocycles. The van der Waals surface area contributed by atoms with Gasteiger partial charge in [-0.3, -0.25) is 4.79 Å². The van der Waals surface area contributed by atoms with Gasteiger partial charge in [0.15, 0.2) is 0 Å². The van der Waals surface area contributed by atoms with Crippen molar-refractivity contribution < 1.29 is 27.9 Å². The first kappa shape index (κ1) is 18.3. The first-order chi connectivity index (χ1) is 11.2. The van der Waals surface area contributed by atoms with Gasteiger partial charge in [-0.05, 0) is 43.4 Å². The zero-order valence-corrected chi connectivity index (χ0v) is 13.3. The van der Waals surface area contributed by atoms with E-state index in [1.54, 1.807) is 6.92 Å². The van der Waals surface area contributed by atoms with Gasteiger partial charge in [-0.1, -0.05) is 19.1 Å². The predicted molar refractivity (Wildman–Crippen MR) is 81.3 cm³/mol. The van der Waals surface area contributed by atoms with Crippen molar-refractivity contribution in [3.8, 4) is 0 Å². The van der Waals surface area contributed by atoms with Crippen molar-refractivity contribution in [2.75, 3.05) is 6.54 Å². The number of carboxylic acids is 1. The molecular weight excluding hydrogens is 323 g/mol. The molecule has 24 heavy (non-hydrogen) atoms. The lowest BCUT2D eigenvalue weighted by Gasteiger charge is -2.34. The van der Waals surface area contributed by atoms with Crippen LogP contribution in [0.1, 0.15) is 37.3 Å². The summed E-state index contributed by atoms with van der Waals surface area (Å²) in [4.78, 5) is 25.2. The number of piperidine rings is 1. The Hall–Kier alpha value is -2.05. The number of carboxylic acid groups (broad SMARTS) is 1. The fourth-order valence-corrected chi connectivity index (χ4v) is 3.01. The first-order valence-electron chi connectivity index (χ1n) is 7.89. The van der Waals surface area contributed by atoms with Crippen LogP contribution in [0.15, 0.2) is 24.3 Å². The molecule has 1 amide bonds. The number of likely N-dealkylation sites (tertiary alicyclic amines) is 1. The Morgan fingerprint density at radius 1 is 1.25 bits per heavy atom. The number of carbonyl (C=O) groups excluding carboxylic acids is 1. The lowest BCUT2D eigenvalue weighted by atomic mass is 9.95. The molecule has 0 radical (unpaired) electrons. The molecule has 0 aliphatic carbocycles. The van der Waals surface area contributed by atoms with E-state index in [0.717, 1.165) is 25.0 Å². The predicted octanol–water partition coefficient (Wildman–Crippen LogP) is 3.35. The van der Waals surface area contributed by atoms with Crippen molar-refractivity contribution in [1.29, 1.82) is 0 Å². The Labute approximate surface area is 138 Å². The van der Waals surface area contributed by atoms with Crippen LogP contribution in [0, 0.1) is 5.92 Å². The Morgan fingerprint density at radius 3 is 2.42 bits per heavy atom. The summed E-state index contributed by atoms with van der Waals surface area (Å²) in [6.45, 7) is 2.08. The highest BCUT2D eigenvalue weighted by Gasteiger charge is 2.34. The van der Waals surface area contributed by atoms with Gasteiger partial charge in [0.2, 0.25) is 5.91 Å². The summed E-state index contributed by atoms with van der Waals surface area (Å²) < 4.78 is 37.7. The second kappa shape index (κ2) is 7.23. The van der Waals surface area contributed by atoms with E-state index in [2.05, 4.69) is 0 Å².